The van der Waals surface area contributed by atoms with Gasteiger partial charge >= 0.3 is 0 Å². The van der Waals surface area contributed by atoms with E-state index in [1.165, 1.54) is 115 Å². The number of benzene rings is 10. The molecular formula is C54H30N2. The molecule has 0 fully saturated rings. The molecule has 2 nitrogen and oxygen atoms in total. The molecule has 0 atom stereocenters. The smallest absolute Gasteiger partial charge is 0.205 e. The molecule has 0 spiro atoms. The zero-order valence-corrected chi connectivity index (χ0v) is 30.8. The van der Waals surface area contributed by atoms with E-state index in [1.54, 1.807) is 6.07 Å². The van der Waals surface area contributed by atoms with E-state index < -0.39 is 0 Å². The number of rotatable bonds is 2. The standard InChI is InChI=1S/C54H30N2/c1-29-16-19-35(30(2)24-29)52-41-23-21-36-37(45(41)27-47-39-13-5-9-32-11-7-15-43(50(32)39)54(47)52)20-22-40-44(36)26-46-38-12-4-8-31-10-6-14-42(49(31)38)53(46)51(40)33-17-18-34(28-55)48(25-33)56-3/h4-27H,1-2H3. The van der Waals surface area contributed by atoms with Crippen molar-refractivity contribution in [2.24, 2.45) is 0 Å². The highest BCUT2D eigenvalue weighted by Gasteiger charge is 2.30. The van der Waals surface area contributed by atoms with Gasteiger partial charge in [0.2, 0.25) is 5.69 Å². The average molecular weight is 707 g/mol. The quantitative estimate of drug-likeness (QED) is 0.130. The van der Waals surface area contributed by atoms with Crippen LogP contribution in [0, 0.1) is 31.8 Å². The highest BCUT2D eigenvalue weighted by atomic mass is 14.6. The molecule has 256 valence electrons. The van der Waals surface area contributed by atoms with Gasteiger partial charge in [-0.25, -0.2) is 4.85 Å². The Labute approximate surface area is 324 Å². The molecular weight excluding hydrogens is 677 g/mol. The second-order valence-electron chi connectivity index (χ2n) is 15.5. The molecule has 2 aliphatic carbocycles. The molecule has 12 rings (SSSR count). The largest absolute Gasteiger partial charge is 0.237 e. The lowest BCUT2D eigenvalue weighted by Gasteiger charge is -2.20. The van der Waals surface area contributed by atoms with Crippen LogP contribution < -0.4 is 0 Å². The summed E-state index contributed by atoms with van der Waals surface area (Å²) in [6.07, 6.45) is 0. The topological polar surface area (TPSA) is 28.1 Å². The Kier molecular flexibility index (Phi) is 6.08. The van der Waals surface area contributed by atoms with Gasteiger partial charge in [0.1, 0.15) is 0 Å². The van der Waals surface area contributed by atoms with Crippen LogP contribution in [0.1, 0.15) is 16.7 Å². The first-order valence-electron chi connectivity index (χ1n) is 19.1. The average Bonchev–Trinajstić information content (AvgIpc) is 3.73. The number of aryl methyl sites for hydroxylation is 2. The van der Waals surface area contributed by atoms with Gasteiger partial charge in [0.25, 0.3) is 0 Å². The number of hydrogen-bond donors (Lipinski definition) is 0. The number of nitriles is 1. The van der Waals surface area contributed by atoms with Crippen LogP contribution >= 0.6 is 0 Å². The van der Waals surface area contributed by atoms with Crippen molar-refractivity contribution in [3.63, 3.8) is 0 Å². The lowest BCUT2D eigenvalue weighted by Crippen LogP contribution is -1.93. The third-order valence-electron chi connectivity index (χ3n) is 12.5. The number of hydrogen-bond acceptors (Lipinski definition) is 1. The molecule has 0 aliphatic heterocycles. The molecule has 10 aromatic rings. The Balaban J connectivity index is 1.24. The zero-order chi connectivity index (χ0) is 37.4. The predicted octanol–water partition coefficient (Wildman–Crippen LogP) is 15.1. The number of fused-ring (bicyclic) bond motifs is 11. The minimum absolute atomic E-state index is 0.375. The van der Waals surface area contributed by atoms with Crippen LogP contribution in [-0.2, 0) is 0 Å². The van der Waals surface area contributed by atoms with Gasteiger partial charge in [-0.1, -0.05) is 133 Å². The van der Waals surface area contributed by atoms with Crippen LogP contribution in [0.3, 0.4) is 0 Å². The maximum Gasteiger partial charge on any atom is 0.205 e. The van der Waals surface area contributed by atoms with E-state index in [2.05, 4.69) is 152 Å². The van der Waals surface area contributed by atoms with Crippen LogP contribution in [0.15, 0.2) is 146 Å². The van der Waals surface area contributed by atoms with E-state index in [9.17, 15) is 5.26 Å². The first kappa shape index (κ1) is 30.9. The van der Waals surface area contributed by atoms with Crippen LogP contribution in [0.5, 0.6) is 0 Å². The van der Waals surface area contributed by atoms with E-state index in [4.69, 9.17) is 6.57 Å². The third-order valence-corrected chi connectivity index (χ3v) is 12.5. The zero-order valence-electron chi connectivity index (χ0n) is 30.8. The summed E-state index contributed by atoms with van der Waals surface area (Å²) in [5.41, 5.74) is 17.9. The molecule has 0 amide bonds. The maximum absolute atomic E-state index is 9.84. The van der Waals surface area contributed by atoms with Crippen LogP contribution in [-0.4, -0.2) is 0 Å². The highest BCUT2D eigenvalue weighted by Crippen LogP contribution is 2.57. The predicted molar refractivity (Wildman–Crippen MR) is 234 cm³/mol. The summed E-state index contributed by atoms with van der Waals surface area (Å²) in [4.78, 5) is 3.79. The Hall–Kier alpha value is -7.52. The van der Waals surface area contributed by atoms with Crippen molar-refractivity contribution < 1.29 is 0 Å². The van der Waals surface area contributed by atoms with Crippen molar-refractivity contribution in [3.05, 3.63) is 174 Å². The molecule has 0 radical (unpaired) electrons. The Morgan fingerprint density at radius 1 is 0.446 bits per heavy atom. The molecule has 0 unspecified atom stereocenters. The van der Waals surface area contributed by atoms with Crippen molar-refractivity contribution in [2.45, 2.75) is 13.8 Å². The fourth-order valence-electron chi connectivity index (χ4n) is 10.3. The summed E-state index contributed by atoms with van der Waals surface area (Å²) in [7, 11) is 0. The van der Waals surface area contributed by atoms with Crippen molar-refractivity contribution in [1.82, 2.24) is 0 Å². The van der Waals surface area contributed by atoms with Crippen LogP contribution in [0.2, 0.25) is 0 Å². The Morgan fingerprint density at radius 2 is 0.982 bits per heavy atom. The molecule has 10 aromatic carbocycles. The third kappa shape index (κ3) is 3.93. The van der Waals surface area contributed by atoms with E-state index in [0.29, 0.717) is 11.3 Å². The minimum atomic E-state index is 0.375. The summed E-state index contributed by atoms with van der Waals surface area (Å²) >= 11 is 0. The lowest BCUT2D eigenvalue weighted by atomic mass is 9.83. The van der Waals surface area contributed by atoms with Crippen molar-refractivity contribution >= 4 is 59.5 Å². The minimum Gasteiger partial charge on any atom is -0.237 e. The molecule has 2 aliphatic rings. The summed E-state index contributed by atoms with van der Waals surface area (Å²) < 4.78 is 0. The van der Waals surface area contributed by atoms with Gasteiger partial charge in [-0.05, 0) is 158 Å². The van der Waals surface area contributed by atoms with Crippen molar-refractivity contribution in [1.29, 1.82) is 5.26 Å². The molecule has 0 aromatic heterocycles. The molecule has 2 heteroatoms. The van der Waals surface area contributed by atoms with Gasteiger partial charge in [-0.15, -0.1) is 0 Å². The van der Waals surface area contributed by atoms with Gasteiger partial charge in [0, 0.05) is 0 Å². The van der Waals surface area contributed by atoms with E-state index in [0.717, 1.165) is 16.5 Å². The fourth-order valence-corrected chi connectivity index (χ4v) is 10.3. The second-order valence-corrected chi connectivity index (χ2v) is 15.5. The Morgan fingerprint density at radius 3 is 1.54 bits per heavy atom. The first-order valence-corrected chi connectivity index (χ1v) is 19.1. The van der Waals surface area contributed by atoms with Crippen LogP contribution in [0.4, 0.5) is 5.69 Å². The molecule has 0 N–H and O–H groups in total. The van der Waals surface area contributed by atoms with E-state index in [1.807, 2.05) is 12.1 Å². The van der Waals surface area contributed by atoms with Gasteiger partial charge in [-0.2, -0.15) is 5.26 Å². The van der Waals surface area contributed by atoms with Crippen LogP contribution in [0.25, 0.3) is 125 Å². The first-order chi connectivity index (χ1) is 27.5. The molecule has 0 bridgehead atoms. The van der Waals surface area contributed by atoms with Gasteiger partial charge in [-0.3, -0.25) is 0 Å². The monoisotopic (exact) mass is 706 g/mol. The second kappa shape index (κ2) is 11.0. The molecule has 56 heavy (non-hydrogen) atoms. The summed E-state index contributed by atoms with van der Waals surface area (Å²) in [5, 5.41) is 22.1. The molecule has 0 heterocycles. The molecule has 0 saturated heterocycles. The summed E-state index contributed by atoms with van der Waals surface area (Å²) in [6, 6.07) is 55.6. The van der Waals surface area contributed by atoms with Gasteiger partial charge in [0.15, 0.2) is 0 Å². The van der Waals surface area contributed by atoms with Crippen molar-refractivity contribution in [3.8, 4) is 72.8 Å². The van der Waals surface area contributed by atoms with Gasteiger partial charge < -0.3 is 0 Å². The number of nitrogens with zero attached hydrogens (tertiary/aromatic N) is 2. The summed E-state index contributed by atoms with van der Waals surface area (Å²) in [5.74, 6) is 0. The van der Waals surface area contributed by atoms with E-state index in [-0.39, 0.29) is 0 Å². The SMILES string of the molecule is [C-]#[N+]c1cc(-c2c3c(cc4c2ccc2c5cc6c(c(-c7ccc(C)cc7C)c5ccc42)-c2cccc4cccc-6c24)-c2cccc4cccc-3c24)ccc1C#N. The van der Waals surface area contributed by atoms with E-state index >= 15 is 0 Å². The Bertz CT molecular complexity index is 3560. The molecule has 0 saturated carbocycles. The fraction of sp³-hybridized carbons (Fsp3) is 0.0370. The lowest BCUT2D eigenvalue weighted by molar-refractivity contribution is 1.39. The highest BCUT2D eigenvalue weighted by molar-refractivity contribution is 6.30. The van der Waals surface area contributed by atoms with Crippen molar-refractivity contribution in [2.75, 3.05) is 0 Å². The summed E-state index contributed by atoms with van der Waals surface area (Å²) in [6.45, 7) is 12.4. The maximum atomic E-state index is 9.84. The normalized spacial score (nSPS) is 12.1. The van der Waals surface area contributed by atoms with Gasteiger partial charge in [0.05, 0.1) is 18.2 Å².